The zero-order chi connectivity index (χ0) is 17.2. The number of hydrogen-bond donors (Lipinski definition) is 0. The molecule has 4 rings (SSSR count). The zero-order valence-corrected chi connectivity index (χ0v) is 15.1. The molecule has 0 N–H and O–H groups in total. The number of thioether (sulfide) groups is 1. The highest BCUT2D eigenvalue weighted by molar-refractivity contribution is 7.98. The Morgan fingerprint density at radius 1 is 1.08 bits per heavy atom. The van der Waals surface area contributed by atoms with Gasteiger partial charge in [-0.1, -0.05) is 48.4 Å². The zero-order valence-electron chi connectivity index (χ0n) is 14.3. The van der Waals surface area contributed by atoms with Crippen molar-refractivity contribution in [1.82, 2.24) is 20.2 Å². The predicted molar refractivity (Wildman–Crippen MR) is 101 cm³/mol. The smallest absolute Gasteiger partial charge is 0.214 e. The maximum Gasteiger partial charge on any atom is 0.269 e. The maximum atomic E-state index is 4.68. The summed E-state index contributed by atoms with van der Waals surface area (Å²) in [5.41, 5.74) is 4.69. The van der Waals surface area contributed by atoms with Crippen LogP contribution in [-0.4, -0.2) is 32.2 Å². The quantitative estimate of drug-likeness (QED) is 0.666. The molecule has 0 spiro atoms. The summed E-state index contributed by atoms with van der Waals surface area (Å²) in [6.45, 7) is 2.16. The Balaban J connectivity index is 1.71. The van der Waals surface area contributed by atoms with Gasteiger partial charge in [0, 0.05) is 11.3 Å². The summed E-state index contributed by atoms with van der Waals surface area (Å²) < 4.78 is 1.82. The summed E-state index contributed by atoms with van der Waals surface area (Å²) >= 11 is 1.74. The van der Waals surface area contributed by atoms with Gasteiger partial charge in [0.15, 0.2) is 0 Å². The molecule has 5 nitrogen and oxygen atoms in total. The van der Waals surface area contributed by atoms with Crippen LogP contribution in [0.5, 0.6) is 0 Å². The van der Waals surface area contributed by atoms with Crippen molar-refractivity contribution in [2.45, 2.75) is 30.7 Å². The summed E-state index contributed by atoms with van der Waals surface area (Å²) in [7, 11) is 0. The number of aryl methyl sites for hydroxylation is 1. The van der Waals surface area contributed by atoms with Gasteiger partial charge in [0.2, 0.25) is 0 Å². The van der Waals surface area contributed by atoms with E-state index in [-0.39, 0.29) is 6.04 Å². The van der Waals surface area contributed by atoms with Crippen molar-refractivity contribution in [3.05, 3.63) is 65.2 Å². The van der Waals surface area contributed by atoms with Gasteiger partial charge < -0.3 is 0 Å². The molecular weight excluding hydrogens is 330 g/mol. The number of nitrogens with zero attached hydrogens (tertiary/aromatic N) is 5. The first kappa shape index (κ1) is 16.0. The molecule has 0 fully saturated rings. The van der Waals surface area contributed by atoms with Crippen molar-refractivity contribution in [2.24, 2.45) is 4.99 Å². The molecule has 3 aromatic rings. The Morgan fingerprint density at radius 3 is 2.52 bits per heavy atom. The fraction of sp³-hybridized carbons (Fsp3) is 0.263. The molecule has 1 atom stereocenters. The summed E-state index contributed by atoms with van der Waals surface area (Å²) in [5.74, 6) is 0.569. The van der Waals surface area contributed by atoms with Crippen LogP contribution in [0.1, 0.15) is 36.1 Å². The predicted octanol–water partition coefficient (Wildman–Crippen LogP) is 4.07. The monoisotopic (exact) mass is 349 g/mol. The Labute approximate surface area is 151 Å². The van der Waals surface area contributed by atoms with Gasteiger partial charge in [-0.15, -0.1) is 11.8 Å². The molecule has 6 heteroatoms. The van der Waals surface area contributed by atoms with E-state index in [4.69, 9.17) is 0 Å². The Bertz CT molecular complexity index is 896. The minimum absolute atomic E-state index is 0.0688. The molecule has 0 aliphatic carbocycles. The van der Waals surface area contributed by atoms with Gasteiger partial charge in [-0.3, -0.25) is 0 Å². The number of aliphatic imine (C=N–C) groups is 1. The number of tetrazole rings is 1. The second-order valence-electron chi connectivity index (χ2n) is 6.03. The molecule has 0 radical (unpaired) electrons. The van der Waals surface area contributed by atoms with E-state index in [1.54, 1.807) is 11.8 Å². The molecular formula is C19H19N5S. The van der Waals surface area contributed by atoms with Crippen LogP contribution < -0.4 is 0 Å². The average molecular weight is 349 g/mol. The Hall–Kier alpha value is -2.47. The minimum atomic E-state index is 0.0688. The van der Waals surface area contributed by atoms with E-state index < -0.39 is 0 Å². The normalized spacial score (nSPS) is 16.4. The van der Waals surface area contributed by atoms with Gasteiger partial charge in [-0.25, -0.2) is 9.67 Å². The van der Waals surface area contributed by atoms with Crippen LogP contribution in [0.4, 0.5) is 5.95 Å². The molecule has 2 heterocycles. The minimum Gasteiger partial charge on any atom is -0.214 e. The number of rotatable bonds is 4. The lowest BCUT2D eigenvalue weighted by Crippen LogP contribution is -2.21. The highest BCUT2D eigenvalue weighted by atomic mass is 32.2. The summed E-state index contributed by atoms with van der Waals surface area (Å²) in [5, 5.41) is 12.1. The third-order valence-electron chi connectivity index (χ3n) is 4.59. The molecule has 0 bridgehead atoms. The van der Waals surface area contributed by atoms with Gasteiger partial charge in [-0.2, -0.15) is 0 Å². The van der Waals surface area contributed by atoms with Gasteiger partial charge in [0.05, 0.1) is 11.8 Å². The fourth-order valence-electron chi connectivity index (χ4n) is 3.10. The number of aromatic nitrogens is 4. The molecule has 25 heavy (non-hydrogen) atoms. The van der Waals surface area contributed by atoms with Gasteiger partial charge in [0.1, 0.15) is 0 Å². The largest absolute Gasteiger partial charge is 0.269 e. The number of hydrogen-bond acceptors (Lipinski definition) is 5. The summed E-state index contributed by atoms with van der Waals surface area (Å²) in [6, 6.07) is 17.3. The molecule has 1 aromatic heterocycles. The van der Waals surface area contributed by atoms with E-state index in [0.717, 1.165) is 24.1 Å². The lowest BCUT2D eigenvalue weighted by molar-refractivity contribution is 0.514. The van der Waals surface area contributed by atoms with Crippen molar-refractivity contribution >= 4 is 23.4 Å². The van der Waals surface area contributed by atoms with Gasteiger partial charge >= 0.3 is 0 Å². The van der Waals surface area contributed by atoms with Crippen LogP contribution in [0.15, 0.2) is 58.4 Å². The third kappa shape index (κ3) is 3.09. The lowest BCUT2D eigenvalue weighted by Gasteiger charge is -2.23. The summed E-state index contributed by atoms with van der Waals surface area (Å²) in [4.78, 5) is 5.93. The average Bonchev–Trinajstić information content (AvgIpc) is 3.16. The van der Waals surface area contributed by atoms with E-state index in [0.29, 0.717) is 5.95 Å². The van der Waals surface area contributed by atoms with E-state index in [2.05, 4.69) is 82.2 Å². The molecule has 1 unspecified atom stereocenters. The van der Waals surface area contributed by atoms with Crippen LogP contribution in [-0.2, 0) is 6.42 Å². The molecule has 0 saturated carbocycles. The van der Waals surface area contributed by atoms with E-state index in [1.165, 1.54) is 16.0 Å². The second-order valence-corrected chi connectivity index (χ2v) is 6.91. The molecule has 1 aliphatic rings. The second kappa shape index (κ2) is 6.80. The van der Waals surface area contributed by atoms with Crippen molar-refractivity contribution < 1.29 is 0 Å². The first-order valence-electron chi connectivity index (χ1n) is 8.37. The first-order chi connectivity index (χ1) is 12.3. The topological polar surface area (TPSA) is 56.0 Å². The third-order valence-corrected chi connectivity index (χ3v) is 5.33. The van der Waals surface area contributed by atoms with Gasteiger partial charge in [0.25, 0.3) is 5.95 Å². The van der Waals surface area contributed by atoms with Crippen LogP contribution >= 0.6 is 11.8 Å². The lowest BCUT2D eigenvalue weighted by atomic mass is 9.95. The molecule has 1 aliphatic heterocycles. The van der Waals surface area contributed by atoms with Crippen molar-refractivity contribution in [1.29, 1.82) is 0 Å². The first-order valence-corrected chi connectivity index (χ1v) is 9.59. The number of fused-ring (bicyclic) bond motifs is 1. The molecule has 126 valence electrons. The van der Waals surface area contributed by atoms with E-state index in [9.17, 15) is 0 Å². The summed E-state index contributed by atoms with van der Waals surface area (Å²) in [6.07, 6.45) is 3.90. The van der Waals surface area contributed by atoms with Crippen LogP contribution in [0.25, 0.3) is 0 Å². The van der Waals surface area contributed by atoms with Crippen molar-refractivity contribution in [3.8, 4) is 0 Å². The standard InChI is InChI=1S/C19H19N5S/c1-3-13-4-6-14(7-5-13)17-12-18(24-19(20-17)21-22-23-24)15-8-10-16(25-2)11-9-15/h4-11,18H,3,12H2,1-2H3. The fourth-order valence-corrected chi connectivity index (χ4v) is 3.51. The Kier molecular flexibility index (Phi) is 4.36. The molecule has 2 aromatic carbocycles. The maximum absolute atomic E-state index is 4.68. The van der Waals surface area contributed by atoms with Gasteiger partial charge in [-0.05, 0) is 51.9 Å². The van der Waals surface area contributed by atoms with Crippen molar-refractivity contribution in [2.75, 3.05) is 6.26 Å². The molecule has 0 saturated heterocycles. The van der Waals surface area contributed by atoms with Crippen LogP contribution in [0.3, 0.4) is 0 Å². The van der Waals surface area contributed by atoms with Crippen LogP contribution in [0, 0.1) is 0 Å². The van der Waals surface area contributed by atoms with E-state index in [1.807, 2.05) is 4.68 Å². The SMILES string of the molecule is CCc1ccc(C2=Nc3nnnn3C(c3ccc(SC)cc3)C2)cc1. The van der Waals surface area contributed by atoms with E-state index >= 15 is 0 Å². The molecule has 0 amide bonds. The van der Waals surface area contributed by atoms with Crippen LogP contribution in [0.2, 0.25) is 0 Å². The Morgan fingerprint density at radius 2 is 1.84 bits per heavy atom. The van der Waals surface area contributed by atoms with Crippen molar-refractivity contribution in [3.63, 3.8) is 0 Å². The highest BCUT2D eigenvalue weighted by Crippen LogP contribution is 2.32. The number of benzene rings is 2. The highest BCUT2D eigenvalue weighted by Gasteiger charge is 2.26.